The number of amides is 2. The van der Waals surface area contributed by atoms with E-state index in [-0.39, 0.29) is 17.9 Å². The number of piperazine rings is 1. The highest BCUT2D eigenvalue weighted by Gasteiger charge is 2.28. The Morgan fingerprint density at radius 2 is 1.62 bits per heavy atom. The summed E-state index contributed by atoms with van der Waals surface area (Å²) < 4.78 is 20.3. The van der Waals surface area contributed by atoms with Crippen LogP contribution in [0.25, 0.3) is 16.7 Å². The van der Waals surface area contributed by atoms with Crippen LogP contribution in [0.4, 0.5) is 15.8 Å². The quantitative estimate of drug-likeness (QED) is 0.356. The number of imide groups is 1. The molecule has 2 aliphatic heterocycles. The lowest BCUT2D eigenvalue weighted by molar-refractivity contribution is -0.114. The predicted octanol–water partition coefficient (Wildman–Crippen LogP) is 4.41. The molecular weight excluding hydrogens is 471 g/mol. The summed E-state index contributed by atoms with van der Waals surface area (Å²) in [6.45, 7) is 5.61. The zero-order chi connectivity index (χ0) is 26.1. The van der Waals surface area contributed by atoms with E-state index in [1.54, 1.807) is 25.3 Å². The van der Waals surface area contributed by atoms with Crippen molar-refractivity contribution in [2.45, 2.75) is 25.9 Å². The summed E-state index contributed by atoms with van der Waals surface area (Å²) in [7, 11) is 1.60. The van der Waals surface area contributed by atoms with Gasteiger partial charge in [-0.15, -0.1) is 0 Å². The van der Waals surface area contributed by atoms with Crippen LogP contribution in [0, 0.1) is 5.82 Å². The van der Waals surface area contributed by atoms with Crippen LogP contribution in [0.15, 0.2) is 66.9 Å². The summed E-state index contributed by atoms with van der Waals surface area (Å²) in [5, 5.41) is 8.87. The van der Waals surface area contributed by atoms with Gasteiger partial charge in [-0.2, -0.15) is 0 Å². The normalized spacial score (nSPS) is 20.4. The highest BCUT2D eigenvalue weighted by atomic mass is 19.1. The number of halogens is 1. The molecule has 1 fully saturated rings. The van der Waals surface area contributed by atoms with Gasteiger partial charge in [-0.3, -0.25) is 14.9 Å². The van der Waals surface area contributed by atoms with Crippen molar-refractivity contribution in [2.75, 3.05) is 30.4 Å². The van der Waals surface area contributed by atoms with E-state index < -0.39 is 11.8 Å². The van der Waals surface area contributed by atoms with E-state index in [1.807, 2.05) is 41.3 Å². The summed E-state index contributed by atoms with van der Waals surface area (Å²) in [4.78, 5) is 27.3. The van der Waals surface area contributed by atoms with Crippen molar-refractivity contribution in [3.05, 3.63) is 83.8 Å². The number of rotatable bonds is 5. The monoisotopic (exact) mass is 500 g/mol. The molecular formula is C29H29FN4O3. The molecule has 2 aliphatic rings. The largest absolute Gasteiger partial charge is 0.497 e. The fourth-order valence-corrected chi connectivity index (χ4v) is 4.96. The van der Waals surface area contributed by atoms with Crippen LogP contribution in [0.2, 0.25) is 0 Å². The minimum Gasteiger partial charge on any atom is -0.497 e. The molecule has 0 aromatic heterocycles. The molecule has 0 spiro atoms. The molecule has 190 valence electrons. The number of benzene rings is 3. The van der Waals surface area contributed by atoms with Gasteiger partial charge in [-0.05, 0) is 67.4 Å². The van der Waals surface area contributed by atoms with Gasteiger partial charge in [0.25, 0.3) is 11.8 Å². The third-order valence-electron chi connectivity index (χ3n) is 6.68. The number of methoxy groups -OCH3 is 1. The Labute approximate surface area is 215 Å². The number of carbonyl (C=O) groups excluding carboxylic acids is 2. The molecule has 0 saturated carbocycles. The Kier molecular flexibility index (Phi) is 6.67. The first-order valence-corrected chi connectivity index (χ1v) is 12.2. The number of hydrogen-bond donors (Lipinski definition) is 3. The van der Waals surface area contributed by atoms with E-state index in [2.05, 4.69) is 29.8 Å². The van der Waals surface area contributed by atoms with Crippen molar-refractivity contribution in [3.8, 4) is 16.9 Å². The molecule has 1 saturated heterocycles. The van der Waals surface area contributed by atoms with Crippen LogP contribution in [-0.2, 0) is 4.79 Å². The van der Waals surface area contributed by atoms with Crippen LogP contribution in [0.1, 0.15) is 29.8 Å². The number of nitrogens with zero attached hydrogens (tertiary/aromatic N) is 1. The first-order chi connectivity index (χ1) is 17.8. The van der Waals surface area contributed by atoms with Crippen LogP contribution < -0.4 is 25.6 Å². The van der Waals surface area contributed by atoms with Gasteiger partial charge in [0, 0.05) is 48.2 Å². The topological polar surface area (TPSA) is 82.7 Å². The molecule has 0 unspecified atom stereocenters. The molecule has 8 heteroatoms. The standard InChI is InChI=1S/C29H29FN4O3/c1-17-15-34(16-18(2)32-17)27-11-7-21(13-26(27)30)31-14-25-24-12-20(19-4-8-22(37-3)9-5-19)6-10-23(24)28(35)33-29(25)36/h4-14,17-18,31-32H,15-16H2,1-3H3,(H,33,35,36)/t17-,18+. The van der Waals surface area contributed by atoms with Crippen molar-refractivity contribution in [1.82, 2.24) is 10.6 Å². The average molecular weight is 501 g/mol. The number of ether oxygens (including phenoxy) is 1. The third kappa shape index (κ3) is 5.06. The molecule has 2 atom stereocenters. The molecule has 7 nitrogen and oxygen atoms in total. The minimum absolute atomic E-state index is 0.265. The average Bonchev–Trinajstić information content (AvgIpc) is 2.87. The number of hydrogen-bond acceptors (Lipinski definition) is 6. The van der Waals surface area contributed by atoms with Gasteiger partial charge < -0.3 is 20.3 Å². The highest BCUT2D eigenvalue weighted by Crippen LogP contribution is 2.31. The fourth-order valence-electron chi connectivity index (χ4n) is 4.96. The molecule has 37 heavy (non-hydrogen) atoms. The Morgan fingerprint density at radius 1 is 0.919 bits per heavy atom. The maximum absolute atomic E-state index is 15.1. The number of carbonyl (C=O) groups is 2. The minimum atomic E-state index is -0.516. The van der Waals surface area contributed by atoms with Crippen LogP contribution >= 0.6 is 0 Å². The summed E-state index contributed by atoms with van der Waals surface area (Å²) >= 11 is 0. The van der Waals surface area contributed by atoms with E-state index in [9.17, 15) is 9.59 Å². The molecule has 0 aliphatic carbocycles. The summed E-state index contributed by atoms with van der Waals surface area (Å²) in [6, 6.07) is 18.4. The molecule has 5 rings (SSSR count). The molecule has 2 amide bonds. The zero-order valence-electron chi connectivity index (χ0n) is 21.0. The summed E-state index contributed by atoms with van der Waals surface area (Å²) in [6.07, 6.45) is 1.52. The van der Waals surface area contributed by atoms with E-state index in [0.717, 1.165) is 30.0 Å². The number of nitrogens with one attached hydrogen (secondary N) is 3. The number of anilines is 2. The Hall–Kier alpha value is -4.17. The molecule has 3 aromatic rings. The summed E-state index contributed by atoms with van der Waals surface area (Å²) in [5.41, 5.74) is 4.02. The van der Waals surface area contributed by atoms with E-state index in [0.29, 0.717) is 28.1 Å². The smallest absolute Gasteiger partial charge is 0.260 e. The maximum Gasteiger partial charge on any atom is 0.260 e. The highest BCUT2D eigenvalue weighted by molar-refractivity contribution is 6.31. The first-order valence-electron chi connectivity index (χ1n) is 12.2. The third-order valence-corrected chi connectivity index (χ3v) is 6.68. The SMILES string of the molecule is COc1ccc(-c2ccc3c(c2)C(=CNc2ccc(N4C[C@@H](C)N[C@@H](C)C4)c(F)c2)C(=O)NC3=O)cc1. The lowest BCUT2D eigenvalue weighted by Gasteiger charge is -2.37. The lowest BCUT2D eigenvalue weighted by Crippen LogP contribution is -2.54. The second kappa shape index (κ2) is 10.1. The second-order valence-corrected chi connectivity index (χ2v) is 9.51. The van der Waals surface area contributed by atoms with Gasteiger partial charge in [-0.25, -0.2) is 4.39 Å². The van der Waals surface area contributed by atoms with Crippen molar-refractivity contribution < 1.29 is 18.7 Å². The van der Waals surface area contributed by atoms with Gasteiger partial charge >= 0.3 is 0 Å². The van der Waals surface area contributed by atoms with Gasteiger partial charge in [0.1, 0.15) is 11.6 Å². The predicted molar refractivity (Wildman–Crippen MR) is 143 cm³/mol. The summed E-state index contributed by atoms with van der Waals surface area (Å²) in [5.74, 6) is -0.568. The molecule has 3 N–H and O–H groups in total. The fraction of sp³-hybridized carbons (Fsp3) is 0.241. The van der Waals surface area contributed by atoms with Crippen LogP contribution in [0.5, 0.6) is 5.75 Å². The van der Waals surface area contributed by atoms with Crippen molar-refractivity contribution in [3.63, 3.8) is 0 Å². The molecule has 0 bridgehead atoms. The van der Waals surface area contributed by atoms with E-state index >= 15 is 4.39 Å². The van der Waals surface area contributed by atoms with Gasteiger partial charge in [0.05, 0.1) is 18.4 Å². The van der Waals surface area contributed by atoms with E-state index in [1.165, 1.54) is 12.3 Å². The van der Waals surface area contributed by atoms with Gasteiger partial charge in [0.15, 0.2) is 0 Å². The van der Waals surface area contributed by atoms with Gasteiger partial charge in [-0.1, -0.05) is 18.2 Å². The zero-order valence-corrected chi connectivity index (χ0v) is 21.0. The second-order valence-electron chi connectivity index (χ2n) is 9.51. The van der Waals surface area contributed by atoms with Crippen molar-refractivity contribution in [1.29, 1.82) is 0 Å². The number of fused-ring (bicyclic) bond motifs is 1. The maximum atomic E-state index is 15.1. The van der Waals surface area contributed by atoms with Crippen molar-refractivity contribution >= 4 is 28.8 Å². The van der Waals surface area contributed by atoms with Crippen LogP contribution in [0.3, 0.4) is 0 Å². The first kappa shape index (κ1) is 24.5. The molecule has 3 aromatic carbocycles. The lowest BCUT2D eigenvalue weighted by atomic mass is 9.91. The van der Waals surface area contributed by atoms with E-state index in [4.69, 9.17) is 4.74 Å². The van der Waals surface area contributed by atoms with Crippen LogP contribution in [-0.4, -0.2) is 44.1 Å². The molecule has 0 radical (unpaired) electrons. The molecule has 2 heterocycles. The Balaban J connectivity index is 1.42. The Bertz CT molecular complexity index is 1380. The Morgan fingerprint density at radius 3 is 2.30 bits per heavy atom. The van der Waals surface area contributed by atoms with Crippen molar-refractivity contribution in [2.24, 2.45) is 0 Å². The van der Waals surface area contributed by atoms with Gasteiger partial charge in [0.2, 0.25) is 0 Å².